The van der Waals surface area contributed by atoms with E-state index in [9.17, 15) is 9.59 Å². The number of fused-ring (bicyclic) bond motifs is 1. The first kappa shape index (κ1) is 29.2. The fraction of sp³-hybridized carbons (Fsp3) is 0.308. The molecule has 0 bridgehead atoms. The number of aromatic nitrogens is 4. The van der Waals surface area contributed by atoms with Crippen molar-refractivity contribution in [3.8, 4) is 17.6 Å². The molecule has 0 aliphatic rings. The number of unbranched alkanes of at least 4 members (excludes halogenated alkanes) is 1. The summed E-state index contributed by atoms with van der Waals surface area (Å²) in [6.07, 6.45) is 2.43. The number of nitrogens with one attached hydrogen (secondary N) is 2. The van der Waals surface area contributed by atoms with E-state index in [4.69, 9.17) is 21.4 Å². The maximum absolute atomic E-state index is 13.3. The average molecular weight is 552 g/mol. The Morgan fingerprint density at radius 2 is 1.87 bits per heavy atom. The van der Waals surface area contributed by atoms with Crippen LogP contribution in [0.5, 0.6) is 0 Å². The van der Waals surface area contributed by atoms with Crippen molar-refractivity contribution in [2.45, 2.75) is 38.3 Å². The molecule has 0 fully saturated rings. The molecule has 0 radical (unpaired) electrons. The second kappa shape index (κ2) is 14.0. The Morgan fingerprint density at radius 3 is 2.62 bits per heavy atom. The number of imidazole rings is 1. The molecule has 6 N–H and O–H groups in total. The Balaban J connectivity index is 0.00000420. The minimum Gasteiger partial charge on any atom is -0.364 e. The molecule has 4 rings (SSSR count). The molecule has 2 heterocycles. The summed E-state index contributed by atoms with van der Waals surface area (Å²) in [6.45, 7) is 0.909. The lowest BCUT2D eigenvalue weighted by molar-refractivity contribution is -0.117. The number of amides is 1. The number of nitrogens with zero attached hydrogens (tertiary/aromatic N) is 5. The lowest BCUT2D eigenvalue weighted by Crippen LogP contribution is -2.35. The van der Waals surface area contributed by atoms with Crippen LogP contribution in [0.4, 0.5) is 11.5 Å². The van der Waals surface area contributed by atoms with Gasteiger partial charge in [0.1, 0.15) is 0 Å². The Kier molecular flexibility index (Phi) is 10.5. The van der Waals surface area contributed by atoms with Crippen molar-refractivity contribution in [3.63, 3.8) is 0 Å². The highest BCUT2D eigenvalue weighted by Gasteiger charge is 2.22. The minimum absolute atomic E-state index is 0. The number of Topliss-reactive ketones (excluding diaryl/α,β-unsaturated/α-hetero) is 1. The third-order valence-electron chi connectivity index (χ3n) is 5.97. The number of hydrogen-bond donors (Lipinski definition) is 4. The summed E-state index contributed by atoms with van der Waals surface area (Å²) in [5.41, 5.74) is 14.2. The smallest absolute Gasteiger partial charge is 0.241 e. The van der Waals surface area contributed by atoms with Gasteiger partial charge >= 0.3 is 0 Å². The molecule has 0 saturated heterocycles. The van der Waals surface area contributed by atoms with Gasteiger partial charge in [-0.3, -0.25) is 9.59 Å². The number of nitriles is 1. The SMILES string of the molecule is Cl.N#CCCNc1nonc1-c1nc2ccccc2n1CC(=O)c1ccc(NC(=O)[C@@H](N)CCCCN)cc1. The number of benzene rings is 2. The first-order valence-electron chi connectivity index (χ1n) is 12.3. The van der Waals surface area contributed by atoms with E-state index in [0.29, 0.717) is 53.6 Å². The second-order valence-corrected chi connectivity index (χ2v) is 8.69. The van der Waals surface area contributed by atoms with Crippen LogP contribution >= 0.6 is 12.4 Å². The minimum atomic E-state index is -0.624. The van der Waals surface area contributed by atoms with Crippen LogP contribution in [-0.4, -0.2) is 50.7 Å². The van der Waals surface area contributed by atoms with Crippen molar-refractivity contribution in [1.82, 2.24) is 19.9 Å². The topological polar surface area (TPSA) is 191 Å². The number of nitrogens with two attached hydrogens (primary N) is 2. The van der Waals surface area contributed by atoms with E-state index < -0.39 is 6.04 Å². The molecule has 13 heteroatoms. The Hall–Kier alpha value is -4.31. The molecule has 204 valence electrons. The van der Waals surface area contributed by atoms with Gasteiger partial charge in [-0.15, -0.1) is 12.4 Å². The van der Waals surface area contributed by atoms with Crippen molar-refractivity contribution in [1.29, 1.82) is 5.26 Å². The third-order valence-corrected chi connectivity index (χ3v) is 5.97. The van der Waals surface area contributed by atoms with Gasteiger partial charge < -0.3 is 26.7 Å². The molecule has 1 atom stereocenters. The lowest BCUT2D eigenvalue weighted by Gasteiger charge is -2.12. The molecule has 2 aromatic heterocycles. The molecule has 0 unspecified atom stereocenters. The molecule has 39 heavy (non-hydrogen) atoms. The summed E-state index contributed by atoms with van der Waals surface area (Å²) in [6, 6.07) is 15.5. The van der Waals surface area contributed by atoms with E-state index >= 15 is 0 Å². The standard InChI is InChI=1S/C26H29N9O3.ClH/c27-13-4-3-6-19(29)26(37)31-18-11-9-17(10-12-18)22(36)16-35-21-8-2-1-7-20(21)32-25(35)23-24(34-38-33-23)30-15-5-14-28;/h1-2,7-12,19H,3-6,13,15-16,27,29H2,(H,30,34)(H,31,37);1H/t19-;/m0./s1. The summed E-state index contributed by atoms with van der Waals surface area (Å²) in [5.74, 6) is 0.301. The van der Waals surface area contributed by atoms with Gasteiger partial charge in [0.15, 0.2) is 17.3 Å². The van der Waals surface area contributed by atoms with Crippen LogP contribution in [0.15, 0.2) is 53.2 Å². The molecule has 0 saturated carbocycles. The normalized spacial score (nSPS) is 11.4. The van der Waals surface area contributed by atoms with Crippen LogP contribution < -0.4 is 22.1 Å². The number of hydrogen-bond acceptors (Lipinski definition) is 10. The maximum atomic E-state index is 13.3. The molecular weight excluding hydrogens is 522 g/mol. The molecule has 1 amide bonds. The molecular formula is C26H30ClN9O3. The summed E-state index contributed by atoms with van der Waals surface area (Å²) in [7, 11) is 0. The van der Waals surface area contributed by atoms with Crippen molar-refractivity contribution in [2.24, 2.45) is 11.5 Å². The number of halogens is 1. The van der Waals surface area contributed by atoms with Crippen molar-refractivity contribution in [3.05, 3.63) is 54.1 Å². The Morgan fingerprint density at radius 1 is 1.10 bits per heavy atom. The van der Waals surface area contributed by atoms with Crippen LogP contribution in [0.1, 0.15) is 36.0 Å². The first-order chi connectivity index (χ1) is 18.5. The van der Waals surface area contributed by atoms with E-state index in [0.717, 1.165) is 18.4 Å². The van der Waals surface area contributed by atoms with Gasteiger partial charge in [0.2, 0.25) is 11.7 Å². The van der Waals surface area contributed by atoms with E-state index in [1.165, 1.54) is 0 Å². The largest absolute Gasteiger partial charge is 0.364 e. The Labute approximate surface area is 231 Å². The number of para-hydroxylation sites is 2. The number of rotatable bonds is 13. The van der Waals surface area contributed by atoms with Gasteiger partial charge in [0.25, 0.3) is 0 Å². The average Bonchev–Trinajstić information content (AvgIpc) is 3.53. The predicted octanol–water partition coefficient (Wildman–Crippen LogP) is 3.11. The highest BCUT2D eigenvalue weighted by Crippen LogP contribution is 2.28. The zero-order chi connectivity index (χ0) is 26.9. The molecule has 2 aromatic carbocycles. The summed E-state index contributed by atoms with van der Waals surface area (Å²) in [4.78, 5) is 30.3. The van der Waals surface area contributed by atoms with Crippen LogP contribution in [0, 0.1) is 11.3 Å². The van der Waals surface area contributed by atoms with Gasteiger partial charge in [-0.25, -0.2) is 9.61 Å². The number of ketones is 1. The van der Waals surface area contributed by atoms with E-state index in [1.54, 1.807) is 28.8 Å². The number of carbonyl (C=O) groups excluding carboxylic acids is 2. The van der Waals surface area contributed by atoms with Crippen molar-refractivity contribution in [2.75, 3.05) is 23.7 Å². The zero-order valence-electron chi connectivity index (χ0n) is 21.2. The summed E-state index contributed by atoms with van der Waals surface area (Å²) in [5, 5.41) is 22.5. The van der Waals surface area contributed by atoms with Crippen molar-refractivity contribution < 1.29 is 14.2 Å². The predicted molar refractivity (Wildman–Crippen MR) is 149 cm³/mol. The van der Waals surface area contributed by atoms with Crippen LogP contribution in [0.25, 0.3) is 22.6 Å². The van der Waals surface area contributed by atoms with Crippen LogP contribution in [0.3, 0.4) is 0 Å². The quantitative estimate of drug-likeness (QED) is 0.142. The van der Waals surface area contributed by atoms with Crippen molar-refractivity contribution >= 4 is 46.6 Å². The summed E-state index contributed by atoms with van der Waals surface area (Å²) < 4.78 is 6.68. The summed E-state index contributed by atoms with van der Waals surface area (Å²) >= 11 is 0. The molecule has 0 spiro atoms. The fourth-order valence-electron chi connectivity index (χ4n) is 3.95. The zero-order valence-corrected chi connectivity index (χ0v) is 22.0. The molecule has 0 aliphatic carbocycles. The van der Waals surface area contributed by atoms with Gasteiger partial charge in [-0.1, -0.05) is 18.6 Å². The third kappa shape index (κ3) is 7.17. The number of anilines is 2. The highest BCUT2D eigenvalue weighted by molar-refractivity contribution is 5.99. The van der Waals surface area contributed by atoms with Crippen LogP contribution in [-0.2, 0) is 11.3 Å². The fourth-order valence-corrected chi connectivity index (χ4v) is 3.95. The van der Waals surface area contributed by atoms with Crippen LogP contribution in [0.2, 0.25) is 0 Å². The Bertz CT molecular complexity index is 1440. The van der Waals surface area contributed by atoms with Gasteiger partial charge in [-0.2, -0.15) is 5.26 Å². The monoisotopic (exact) mass is 551 g/mol. The highest BCUT2D eigenvalue weighted by atomic mass is 35.5. The first-order valence-corrected chi connectivity index (χ1v) is 12.3. The second-order valence-electron chi connectivity index (χ2n) is 8.69. The van der Waals surface area contributed by atoms with E-state index in [-0.39, 0.29) is 37.1 Å². The maximum Gasteiger partial charge on any atom is 0.241 e. The van der Waals surface area contributed by atoms with E-state index in [2.05, 4.69) is 32.0 Å². The molecule has 12 nitrogen and oxygen atoms in total. The van der Waals surface area contributed by atoms with E-state index in [1.807, 2.05) is 24.3 Å². The van der Waals surface area contributed by atoms with Gasteiger partial charge in [-0.05, 0) is 66.1 Å². The van der Waals surface area contributed by atoms with Gasteiger partial charge in [0.05, 0.1) is 36.1 Å². The lowest BCUT2D eigenvalue weighted by atomic mass is 10.1. The number of carbonyl (C=O) groups is 2. The van der Waals surface area contributed by atoms with Gasteiger partial charge in [0, 0.05) is 17.8 Å². The molecule has 4 aromatic rings. The molecule has 0 aliphatic heterocycles.